The zero-order chi connectivity index (χ0) is 37.6. The van der Waals surface area contributed by atoms with Crippen LogP contribution in [0.3, 0.4) is 0 Å². The van der Waals surface area contributed by atoms with Gasteiger partial charge in [0.1, 0.15) is 18.2 Å². The van der Waals surface area contributed by atoms with Crippen LogP contribution in [0.25, 0.3) is 11.1 Å². The van der Waals surface area contributed by atoms with E-state index in [4.69, 9.17) is 9.47 Å². The van der Waals surface area contributed by atoms with E-state index in [2.05, 4.69) is 47.1 Å². The molecule has 1 aliphatic rings. The minimum atomic E-state index is -0.633. The van der Waals surface area contributed by atoms with Gasteiger partial charge in [-0.2, -0.15) is 0 Å². The van der Waals surface area contributed by atoms with Crippen LogP contribution < -0.4 is 16.0 Å². The fourth-order valence-corrected chi connectivity index (χ4v) is 7.01. The molecule has 3 rings (SSSR count). The lowest BCUT2D eigenvalue weighted by Crippen LogP contribution is -2.44. The van der Waals surface area contributed by atoms with Gasteiger partial charge in [-0.25, -0.2) is 9.59 Å². The van der Waals surface area contributed by atoms with Crippen molar-refractivity contribution in [1.82, 2.24) is 16.0 Å². The summed E-state index contributed by atoms with van der Waals surface area (Å²) in [7, 11) is 0. The van der Waals surface area contributed by atoms with Crippen molar-refractivity contribution >= 4 is 18.0 Å². The molecule has 8 nitrogen and oxygen atoms in total. The maximum absolute atomic E-state index is 12.9. The van der Waals surface area contributed by atoms with E-state index < -0.39 is 11.6 Å². The third-order valence-corrected chi connectivity index (χ3v) is 9.83. The van der Waals surface area contributed by atoms with Gasteiger partial charge in [0.15, 0.2) is 0 Å². The molecule has 1 aliphatic carbocycles. The Balaban J connectivity index is 1.24. The molecule has 0 radical (unpaired) electrons. The molecule has 2 aromatic rings. The first kappa shape index (κ1) is 43.0. The Kier molecular flexibility index (Phi) is 19.9. The van der Waals surface area contributed by atoms with Crippen LogP contribution in [-0.2, 0) is 19.1 Å². The molecular formula is C44H69N3O5. The zero-order valence-corrected chi connectivity index (χ0v) is 33.0. The zero-order valence-electron chi connectivity index (χ0n) is 33.0. The van der Waals surface area contributed by atoms with Crippen LogP contribution in [0.1, 0.15) is 161 Å². The summed E-state index contributed by atoms with van der Waals surface area (Å²) in [4.78, 5) is 38.3. The molecular weight excluding hydrogens is 651 g/mol. The Morgan fingerprint density at radius 1 is 0.692 bits per heavy atom. The summed E-state index contributed by atoms with van der Waals surface area (Å²) < 4.78 is 11.3. The van der Waals surface area contributed by atoms with Crippen molar-refractivity contribution in [3.05, 3.63) is 59.7 Å². The van der Waals surface area contributed by atoms with Crippen LogP contribution in [0.4, 0.5) is 4.79 Å². The molecule has 290 valence electrons. The third kappa shape index (κ3) is 16.5. The van der Waals surface area contributed by atoms with Crippen LogP contribution in [0.2, 0.25) is 0 Å². The first-order valence-corrected chi connectivity index (χ1v) is 20.4. The number of hydrogen-bond donors (Lipinski definition) is 3. The van der Waals surface area contributed by atoms with Gasteiger partial charge < -0.3 is 25.4 Å². The third-order valence-electron chi connectivity index (χ3n) is 9.83. The highest BCUT2D eigenvalue weighted by Crippen LogP contribution is 2.44. The number of esters is 1. The predicted molar refractivity (Wildman–Crippen MR) is 212 cm³/mol. The van der Waals surface area contributed by atoms with Gasteiger partial charge in [0.2, 0.25) is 5.91 Å². The molecule has 0 saturated carbocycles. The summed E-state index contributed by atoms with van der Waals surface area (Å²) in [5, 5.41) is 9.41. The Bertz CT molecular complexity index is 1290. The molecule has 2 unspecified atom stereocenters. The van der Waals surface area contributed by atoms with Crippen molar-refractivity contribution in [2.75, 3.05) is 19.7 Å². The SMILES string of the molecule is CCCCCCCCCCCCCC(=O)NC(CCCNCCCCC(C)NC(=O)OCC1c2ccccc2-c2ccccc21)C(=O)OC(C)(C)C. The van der Waals surface area contributed by atoms with E-state index in [1.807, 2.05) is 52.0 Å². The van der Waals surface area contributed by atoms with E-state index in [-0.39, 0.29) is 29.9 Å². The molecule has 0 bridgehead atoms. The van der Waals surface area contributed by atoms with Crippen molar-refractivity contribution < 1.29 is 23.9 Å². The van der Waals surface area contributed by atoms with Gasteiger partial charge >= 0.3 is 12.1 Å². The number of unbranched alkanes of at least 4 members (excludes halogenated alkanes) is 11. The monoisotopic (exact) mass is 720 g/mol. The van der Waals surface area contributed by atoms with Crippen molar-refractivity contribution in [3.8, 4) is 11.1 Å². The number of benzene rings is 2. The molecule has 8 heteroatoms. The Morgan fingerprint density at radius 3 is 1.85 bits per heavy atom. The minimum absolute atomic E-state index is 0.0129. The molecule has 2 atom stereocenters. The number of alkyl carbamates (subject to hydrolysis) is 1. The Labute approximate surface area is 315 Å². The van der Waals surface area contributed by atoms with Crippen molar-refractivity contribution in [1.29, 1.82) is 0 Å². The molecule has 0 spiro atoms. The molecule has 0 heterocycles. The van der Waals surface area contributed by atoms with Gasteiger partial charge in [-0.05, 0) is 95.1 Å². The molecule has 0 aromatic heterocycles. The molecule has 0 aliphatic heterocycles. The number of rotatable bonds is 26. The van der Waals surface area contributed by atoms with Crippen LogP contribution in [0, 0.1) is 0 Å². The second-order valence-electron chi connectivity index (χ2n) is 15.7. The highest BCUT2D eigenvalue weighted by molar-refractivity contribution is 5.84. The average molecular weight is 720 g/mol. The number of ether oxygens (including phenoxy) is 2. The predicted octanol–water partition coefficient (Wildman–Crippen LogP) is 9.98. The number of fused-ring (bicyclic) bond motifs is 3. The molecule has 52 heavy (non-hydrogen) atoms. The van der Waals surface area contributed by atoms with E-state index in [1.54, 1.807) is 0 Å². The second kappa shape index (κ2) is 24.0. The summed E-state index contributed by atoms with van der Waals surface area (Å²) in [5.74, 6) is -0.382. The highest BCUT2D eigenvalue weighted by atomic mass is 16.6. The number of nitrogens with one attached hydrogen (secondary N) is 3. The largest absolute Gasteiger partial charge is 0.458 e. The lowest BCUT2D eigenvalue weighted by atomic mass is 9.98. The normalized spacial score (nSPS) is 13.6. The Hall–Kier alpha value is -3.39. The number of carbonyl (C=O) groups excluding carboxylic acids is 3. The van der Waals surface area contributed by atoms with Crippen molar-refractivity contribution in [3.63, 3.8) is 0 Å². The van der Waals surface area contributed by atoms with E-state index in [9.17, 15) is 14.4 Å². The number of amides is 2. The number of hydrogen-bond acceptors (Lipinski definition) is 6. The van der Waals surface area contributed by atoms with Gasteiger partial charge in [0, 0.05) is 18.4 Å². The fraction of sp³-hybridized carbons (Fsp3) is 0.659. The lowest BCUT2D eigenvalue weighted by molar-refractivity contribution is -0.158. The fourth-order valence-electron chi connectivity index (χ4n) is 7.01. The summed E-state index contributed by atoms with van der Waals surface area (Å²) in [6.45, 7) is 11.7. The maximum atomic E-state index is 12.9. The molecule has 3 N–H and O–H groups in total. The lowest BCUT2D eigenvalue weighted by Gasteiger charge is -2.24. The quantitative estimate of drug-likeness (QED) is 0.0660. The van der Waals surface area contributed by atoms with E-state index in [0.29, 0.717) is 19.4 Å². The van der Waals surface area contributed by atoms with Crippen molar-refractivity contribution in [2.24, 2.45) is 0 Å². The topological polar surface area (TPSA) is 106 Å². The average Bonchev–Trinajstić information content (AvgIpc) is 3.43. The van der Waals surface area contributed by atoms with Crippen LogP contribution in [0.15, 0.2) is 48.5 Å². The minimum Gasteiger partial charge on any atom is -0.458 e. The summed E-state index contributed by atoms with van der Waals surface area (Å²) in [5.41, 5.74) is 4.24. The highest BCUT2D eigenvalue weighted by Gasteiger charge is 2.29. The van der Waals surface area contributed by atoms with E-state index >= 15 is 0 Å². The van der Waals surface area contributed by atoms with Gasteiger partial charge in [-0.3, -0.25) is 4.79 Å². The van der Waals surface area contributed by atoms with Gasteiger partial charge in [0.05, 0.1) is 0 Å². The van der Waals surface area contributed by atoms with Crippen LogP contribution in [0.5, 0.6) is 0 Å². The molecule has 2 amide bonds. The Morgan fingerprint density at radius 2 is 1.25 bits per heavy atom. The first-order chi connectivity index (χ1) is 25.1. The van der Waals surface area contributed by atoms with Gasteiger partial charge in [0.25, 0.3) is 0 Å². The summed E-state index contributed by atoms with van der Waals surface area (Å²) in [6.07, 6.45) is 17.8. The van der Waals surface area contributed by atoms with Crippen LogP contribution in [-0.4, -0.2) is 55.4 Å². The molecule has 0 fully saturated rings. The van der Waals surface area contributed by atoms with Gasteiger partial charge in [-0.1, -0.05) is 126 Å². The van der Waals surface area contributed by atoms with Gasteiger partial charge in [-0.15, -0.1) is 0 Å². The first-order valence-electron chi connectivity index (χ1n) is 20.4. The standard InChI is InChI=1S/C44H69N3O5/c1-6-7-8-9-10-11-12-13-14-15-16-30-41(48)47-40(42(49)52-44(3,4)5)29-23-32-45-31-22-21-24-34(2)46-43(50)51-33-39-37-27-19-17-25-35(37)36-26-18-20-28-38(36)39/h17-20,25-28,34,39-40,45H,6-16,21-24,29-33H2,1-5H3,(H,46,50)(H,47,48). The van der Waals surface area contributed by atoms with E-state index in [1.165, 1.54) is 73.6 Å². The maximum Gasteiger partial charge on any atom is 0.407 e. The second-order valence-corrected chi connectivity index (χ2v) is 15.7. The molecule has 2 aromatic carbocycles. The summed E-state index contributed by atoms with van der Waals surface area (Å²) >= 11 is 0. The van der Waals surface area contributed by atoms with Crippen molar-refractivity contribution in [2.45, 2.75) is 167 Å². The number of carbonyl (C=O) groups is 3. The van der Waals surface area contributed by atoms with E-state index in [0.717, 1.165) is 58.0 Å². The summed E-state index contributed by atoms with van der Waals surface area (Å²) in [6, 6.07) is 16.1. The van der Waals surface area contributed by atoms with Crippen LogP contribution >= 0.6 is 0 Å². The smallest absolute Gasteiger partial charge is 0.407 e. The molecule has 0 saturated heterocycles.